The number of halogens is 1. The first-order valence-electron chi connectivity index (χ1n) is 7.04. The normalized spacial score (nSPS) is 22.2. The minimum atomic E-state index is -0.258. The molecule has 1 N–H and O–H groups in total. The first-order chi connectivity index (χ1) is 9.69. The van der Waals surface area contributed by atoms with Gasteiger partial charge in [0.25, 0.3) is 0 Å². The van der Waals surface area contributed by atoms with Gasteiger partial charge in [-0.25, -0.2) is 4.39 Å². The number of hydrogen-bond acceptors (Lipinski definition) is 3. The van der Waals surface area contributed by atoms with Crippen molar-refractivity contribution in [1.29, 1.82) is 0 Å². The average molecular weight is 278 g/mol. The Kier molecular flexibility index (Phi) is 3.72. The number of carbonyl (C=O) groups is 1. The topological polar surface area (TPSA) is 41.6 Å². The van der Waals surface area contributed by atoms with E-state index < -0.39 is 0 Å². The summed E-state index contributed by atoms with van der Waals surface area (Å²) in [4.78, 5) is 13.7. The van der Waals surface area contributed by atoms with E-state index >= 15 is 0 Å². The van der Waals surface area contributed by atoms with Crippen LogP contribution in [-0.2, 0) is 16.1 Å². The molecule has 5 heteroatoms. The molecule has 0 bridgehead atoms. The zero-order valence-electron chi connectivity index (χ0n) is 11.4. The van der Waals surface area contributed by atoms with E-state index in [0.717, 1.165) is 25.9 Å². The van der Waals surface area contributed by atoms with E-state index in [9.17, 15) is 9.18 Å². The first kappa shape index (κ1) is 13.5. The third-order valence-corrected chi connectivity index (χ3v) is 4.17. The summed E-state index contributed by atoms with van der Waals surface area (Å²) in [5, 5.41) is 3.30. The van der Waals surface area contributed by atoms with Crippen LogP contribution in [0, 0.1) is 5.82 Å². The summed E-state index contributed by atoms with van der Waals surface area (Å²) in [6.07, 6.45) is 1.79. The van der Waals surface area contributed by atoms with Crippen molar-refractivity contribution in [3.63, 3.8) is 0 Å². The zero-order chi connectivity index (χ0) is 14.0. The van der Waals surface area contributed by atoms with Crippen molar-refractivity contribution in [2.75, 3.05) is 26.2 Å². The van der Waals surface area contributed by atoms with Crippen molar-refractivity contribution in [3.05, 3.63) is 35.6 Å². The van der Waals surface area contributed by atoms with Gasteiger partial charge in [-0.05, 0) is 32.0 Å². The van der Waals surface area contributed by atoms with Gasteiger partial charge in [0, 0.05) is 12.1 Å². The Balaban J connectivity index is 1.74. The van der Waals surface area contributed by atoms with Gasteiger partial charge in [-0.2, -0.15) is 0 Å². The molecule has 0 aromatic heterocycles. The fraction of sp³-hybridized carbons (Fsp3) is 0.533. The molecule has 2 saturated heterocycles. The van der Waals surface area contributed by atoms with Crippen LogP contribution >= 0.6 is 0 Å². The molecule has 2 fully saturated rings. The highest BCUT2D eigenvalue weighted by Crippen LogP contribution is 2.28. The summed E-state index contributed by atoms with van der Waals surface area (Å²) >= 11 is 0. The molecule has 2 aliphatic heterocycles. The molecule has 3 rings (SSSR count). The predicted molar refractivity (Wildman–Crippen MR) is 72.6 cm³/mol. The van der Waals surface area contributed by atoms with Crippen LogP contribution in [-0.4, -0.2) is 42.6 Å². The Morgan fingerprint density at radius 2 is 2.05 bits per heavy atom. The second kappa shape index (κ2) is 5.50. The van der Waals surface area contributed by atoms with Crippen LogP contribution in [0.15, 0.2) is 24.3 Å². The van der Waals surface area contributed by atoms with Gasteiger partial charge in [-0.15, -0.1) is 0 Å². The number of rotatable bonds is 2. The highest BCUT2D eigenvalue weighted by molar-refractivity contribution is 5.78. The number of piperidine rings is 1. The fourth-order valence-electron chi connectivity index (χ4n) is 2.95. The van der Waals surface area contributed by atoms with E-state index in [1.54, 1.807) is 23.1 Å². The third-order valence-electron chi connectivity index (χ3n) is 4.17. The summed E-state index contributed by atoms with van der Waals surface area (Å²) in [5.74, 6) is -0.316. The maximum Gasteiger partial charge on any atom is 0.249 e. The number of ether oxygens (including phenoxy) is 1. The molecule has 1 aromatic rings. The summed E-state index contributed by atoms with van der Waals surface area (Å²) in [5.41, 5.74) is 0.316. The van der Waals surface area contributed by atoms with E-state index in [4.69, 9.17) is 4.74 Å². The number of carbonyl (C=O) groups excluding carboxylic acids is 1. The highest BCUT2D eigenvalue weighted by atomic mass is 19.1. The number of nitrogens with zero attached hydrogens (tertiary/aromatic N) is 1. The highest BCUT2D eigenvalue weighted by Gasteiger charge is 2.40. The van der Waals surface area contributed by atoms with Crippen LogP contribution in [0.1, 0.15) is 18.4 Å². The quantitative estimate of drug-likeness (QED) is 0.887. The second-order valence-electron chi connectivity index (χ2n) is 5.56. The molecule has 0 atom stereocenters. The Hall–Kier alpha value is -1.46. The van der Waals surface area contributed by atoms with Crippen molar-refractivity contribution < 1.29 is 13.9 Å². The lowest BCUT2D eigenvalue weighted by atomic mass is 9.90. The standard InChI is InChI=1S/C15H19FN2O2/c16-13-4-2-1-3-12(13)9-18-11-15(20-10-14(18)19)5-7-17-8-6-15/h1-4,17H,5-11H2. The second-order valence-corrected chi connectivity index (χ2v) is 5.56. The first-order valence-corrected chi connectivity index (χ1v) is 7.04. The Bertz CT molecular complexity index is 500. The summed E-state index contributed by atoms with van der Waals surface area (Å²) < 4.78 is 19.5. The van der Waals surface area contributed by atoms with Crippen LogP contribution in [0.25, 0.3) is 0 Å². The van der Waals surface area contributed by atoms with Gasteiger partial charge in [-0.1, -0.05) is 18.2 Å². The van der Waals surface area contributed by atoms with E-state index in [2.05, 4.69) is 5.32 Å². The maximum atomic E-state index is 13.7. The minimum absolute atomic E-state index is 0.0580. The molecule has 1 aromatic carbocycles. The maximum absolute atomic E-state index is 13.7. The van der Waals surface area contributed by atoms with Crippen molar-refractivity contribution in [2.24, 2.45) is 0 Å². The van der Waals surface area contributed by atoms with Crippen molar-refractivity contribution in [1.82, 2.24) is 10.2 Å². The van der Waals surface area contributed by atoms with Crippen molar-refractivity contribution >= 4 is 5.91 Å². The van der Waals surface area contributed by atoms with Crippen molar-refractivity contribution in [3.8, 4) is 0 Å². The molecule has 0 aliphatic carbocycles. The lowest BCUT2D eigenvalue weighted by Gasteiger charge is -2.44. The third kappa shape index (κ3) is 2.69. The molecule has 1 amide bonds. The average Bonchev–Trinajstić information content (AvgIpc) is 2.47. The number of benzene rings is 1. The lowest BCUT2D eigenvalue weighted by Crippen LogP contribution is -2.57. The van der Waals surface area contributed by atoms with Gasteiger partial charge in [0.2, 0.25) is 5.91 Å². The number of morpholine rings is 1. The molecule has 20 heavy (non-hydrogen) atoms. The van der Waals surface area contributed by atoms with E-state index in [0.29, 0.717) is 18.7 Å². The molecule has 0 saturated carbocycles. The molecule has 0 unspecified atom stereocenters. The molecule has 2 aliphatic rings. The van der Waals surface area contributed by atoms with Gasteiger partial charge in [0.1, 0.15) is 12.4 Å². The smallest absolute Gasteiger partial charge is 0.249 e. The lowest BCUT2D eigenvalue weighted by molar-refractivity contribution is -0.169. The summed E-state index contributed by atoms with van der Waals surface area (Å²) in [7, 11) is 0. The van der Waals surface area contributed by atoms with Gasteiger partial charge >= 0.3 is 0 Å². The van der Waals surface area contributed by atoms with Gasteiger partial charge < -0.3 is 15.0 Å². The van der Waals surface area contributed by atoms with Crippen LogP contribution in [0.3, 0.4) is 0 Å². The van der Waals surface area contributed by atoms with Gasteiger partial charge in [0.05, 0.1) is 12.1 Å². The molecule has 2 heterocycles. The Morgan fingerprint density at radius 1 is 1.30 bits per heavy atom. The Morgan fingerprint density at radius 3 is 2.80 bits per heavy atom. The fourth-order valence-corrected chi connectivity index (χ4v) is 2.95. The molecule has 0 radical (unpaired) electrons. The SMILES string of the molecule is O=C1COC2(CCNCC2)CN1Cc1ccccc1F. The van der Waals surface area contributed by atoms with E-state index in [1.807, 2.05) is 0 Å². The molecular weight excluding hydrogens is 259 g/mol. The summed E-state index contributed by atoms with van der Waals surface area (Å²) in [6.45, 7) is 2.80. The number of nitrogens with one attached hydrogen (secondary N) is 1. The predicted octanol–water partition coefficient (Wildman–Crippen LogP) is 1.31. The number of amides is 1. The Labute approximate surface area is 117 Å². The minimum Gasteiger partial charge on any atom is -0.363 e. The largest absolute Gasteiger partial charge is 0.363 e. The van der Waals surface area contributed by atoms with Gasteiger partial charge in [0.15, 0.2) is 0 Å². The molecule has 4 nitrogen and oxygen atoms in total. The number of hydrogen-bond donors (Lipinski definition) is 1. The van der Waals surface area contributed by atoms with Crippen molar-refractivity contribution in [2.45, 2.75) is 25.0 Å². The molecule has 108 valence electrons. The van der Waals surface area contributed by atoms with E-state index in [1.165, 1.54) is 6.07 Å². The van der Waals surface area contributed by atoms with Crippen LogP contribution < -0.4 is 5.32 Å². The van der Waals surface area contributed by atoms with Crippen LogP contribution in [0.5, 0.6) is 0 Å². The monoisotopic (exact) mass is 278 g/mol. The van der Waals surface area contributed by atoms with Crippen LogP contribution in [0.4, 0.5) is 4.39 Å². The molecule has 1 spiro atoms. The zero-order valence-corrected chi connectivity index (χ0v) is 11.4. The summed E-state index contributed by atoms with van der Waals surface area (Å²) in [6, 6.07) is 6.62. The molecular formula is C15H19FN2O2. The van der Waals surface area contributed by atoms with Crippen LogP contribution in [0.2, 0.25) is 0 Å². The van der Waals surface area contributed by atoms with Gasteiger partial charge in [-0.3, -0.25) is 4.79 Å². The van der Waals surface area contributed by atoms with E-state index in [-0.39, 0.29) is 23.9 Å².